The number of aromatic nitrogens is 3. The Hall–Kier alpha value is -1.69. The van der Waals surface area contributed by atoms with Gasteiger partial charge in [0.2, 0.25) is 5.89 Å². The van der Waals surface area contributed by atoms with Crippen LogP contribution in [0, 0.1) is 6.92 Å². The molecule has 2 aromatic heterocycles. The molecular formula is C15H22N4O2. The third-order valence-electron chi connectivity index (χ3n) is 3.92. The summed E-state index contributed by atoms with van der Waals surface area (Å²) in [5.74, 6) is 2.58. The van der Waals surface area contributed by atoms with E-state index in [0.29, 0.717) is 12.4 Å². The van der Waals surface area contributed by atoms with Crippen LogP contribution in [0.5, 0.6) is 0 Å². The van der Waals surface area contributed by atoms with Gasteiger partial charge in [-0.15, -0.1) is 0 Å². The van der Waals surface area contributed by atoms with Gasteiger partial charge >= 0.3 is 0 Å². The lowest BCUT2D eigenvalue weighted by molar-refractivity contribution is 0.129. The maximum Gasteiger partial charge on any atom is 0.229 e. The molecule has 0 aromatic carbocycles. The maximum atomic E-state index is 5.29. The van der Waals surface area contributed by atoms with Crippen molar-refractivity contribution in [2.45, 2.75) is 58.5 Å². The lowest BCUT2D eigenvalue weighted by atomic mass is 9.99. The highest BCUT2D eigenvalue weighted by Crippen LogP contribution is 2.31. The Labute approximate surface area is 124 Å². The molecule has 1 fully saturated rings. The van der Waals surface area contributed by atoms with Gasteiger partial charge in [0.1, 0.15) is 11.5 Å². The molecule has 0 bridgehead atoms. The van der Waals surface area contributed by atoms with Crippen LogP contribution in [-0.4, -0.2) is 26.7 Å². The second-order valence-corrected chi connectivity index (χ2v) is 6.05. The molecule has 0 radical (unpaired) electrons. The molecular weight excluding hydrogens is 268 g/mol. The molecule has 1 atom stereocenters. The molecule has 3 rings (SSSR count). The van der Waals surface area contributed by atoms with Crippen molar-refractivity contribution in [2.24, 2.45) is 0 Å². The Bertz CT molecular complexity index is 590. The third kappa shape index (κ3) is 3.15. The van der Waals surface area contributed by atoms with Gasteiger partial charge in [-0.2, -0.15) is 4.98 Å². The minimum absolute atomic E-state index is 0.265. The van der Waals surface area contributed by atoms with Gasteiger partial charge in [-0.05, 0) is 26.3 Å². The van der Waals surface area contributed by atoms with Crippen molar-refractivity contribution >= 4 is 0 Å². The number of nitrogens with zero attached hydrogens (tertiary/aromatic N) is 4. The van der Waals surface area contributed by atoms with Crippen LogP contribution in [0.25, 0.3) is 0 Å². The van der Waals surface area contributed by atoms with Crippen LogP contribution < -0.4 is 0 Å². The maximum absolute atomic E-state index is 5.29. The van der Waals surface area contributed by atoms with E-state index in [4.69, 9.17) is 9.05 Å². The molecule has 1 aliphatic heterocycles. The third-order valence-corrected chi connectivity index (χ3v) is 3.92. The molecule has 21 heavy (non-hydrogen) atoms. The van der Waals surface area contributed by atoms with Crippen LogP contribution >= 0.6 is 0 Å². The first-order valence-corrected chi connectivity index (χ1v) is 7.63. The Morgan fingerprint density at radius 1 is 1.29 bits per heavy atom. The van der Waals surface area contributed by atoms with E-state index in [0.717, 1.165) is 30.2 Å². The summed E-state index contributed by atoms with van der Waals surface area (Å²) in [6.07, 6.45) is 3.51. The fourth-order valence-corrected chi connectivity index (χ4v) is 2.81. The molecule has 2 aromatic rings. The van der Waals surface area contributed by atoms with Gasteiger partial charge < -0.3 is 9.05 Å². The first-order chi connectivity index (χ1) is 10.1. The van der Waals surface area contributed by atoms with Crippen molar-refractivity contribution in [1.82, 2.24) is 20.2 Å². The second-order valence-electron chi connectivity index (χ2n) is 6.05. The van der Waals surface area contributed by atoms with Crippen molar-refractivity contribution in [2.75, 3.05) is 6.54 Å². The zero-order valence-electron chi connectivity index (χ0n) is 12.9. The summed E-state index contributed by atoms with van der Waals surface area (Å²) in [7, 11) is 0. The zero-order valence-corrected chi connectivity index (χ0v) is 12.9. The summed E-state index contributed by atoms with van der Waals surface area (Å²) < 4.78 is 10.5. The molecule has 6 heteroatoms. The molecule has 6 nitrogen and oxygen atoms in total. The highest BCUT2D eigenvalue weighted by Gasteiger charge is 2.27. The second kappa shape index (κ2) is 5.97. The van der Waals surface area contributed by atoms with E-state index in [1.54, 1.807) is 0 Å². The Morgan fingerprint density at radius 3 is 2.81 bits per heavy atom. The lowest BCUT2D eigenvalue weighted by Crippen LogP contribution is -2.33. The van der Waals surface area contributed by atoms with Crippen molar-refractivity contribution < 1.29 is 9.05 Å². The molecule has 0 amide bonds. The number of aryl methyl sites for hydroxylation is 1. The predicted octanol–water partition coefficient (Wildman–Crippen LogP) is 3.22. The van der Waals surface area contributed by atoms with Gasteiger partial charge in [0.05, 0.1) is 12.6 Å². The molecule has 0 aliphatic carbocycles. The Morgan fingerprint density at radius 2 is 2.14 bits per heavy atom. The summed E-state index contributed by atoms with van der Waals surface area (Å²) in [6, 6.07) is 2.32. The first-order valence-electron chi connectivity index (χ1n) is 7.63. The minimum atomic E-state index is 0.265. The fraction of sp³-hybridized carbons (Fsp3) is 0.667. The van der Waals surface area contributed by atoms with Crippen LogP contribution in [-0.2, 0) is 6.54 Å². The molecule has 114 valence electrons. The smallest absolute Gasteiger partial charge is 0.229 e. The summed E-state index contributed by atoms with van der Waals surface area (Å²) in [4.78, 5) is 6.84. The lowest BCUT2D eigenvalue weighted by Gasteiger charge is -2.33. The highest BCUT2D eigenvalue weighted by atomic mass is 16.5. The van der Waals surface area contributed by atoms with E-state index >= 15 is 0 Å². The van der Waals surface area contributed by atoms with E-state index in [1.165, 1.54) is 12.8 Å². The Balaban J connectivity index is 1.74. The molecule has 0 N–H and O–H groups in total. The molecule has 1 saturated heterocycles. The molecule has 0 unspecified atom stereocenters. The topological polar surface area (TPSA) is 68.2 Å². The average molecular weight is 290 g/mol. The average Bonchev–Trinajstić information content (AvgIpc) is 3.09. The minimum Gasteiger partial charge on any atom is -0.361 e. The normalized spacial score (nSPS) is 20.3. The van der Waals surface area contributed by atoms with Crippen LogP contribution in [0.1, 0.15) is 68.2 Å². The van der Waals surface area contributed by atoms with E-state index in [1.807, 2.05) is 13.0 Å². The summed E-state index contributed by atoms with van der Waals surface area (Å²) in [6.45, 7) is 7.77. The van der Waals surface area contributed by atoms with Gasteiger partial charge in [0, 0.05) is 12.0 Å². The predicted molar refractivity (Wildman–Crippen MR) is 76.6 cm³/mol. The van der Waals surface area contributed by atoms with Gasteiger partial charge in [0.25, 0.3) is 0 Å². The number of likely N-dealkylation sites (tertiary alicyclic amines) is 1. The fourth-order valence-electron chi connectivity index (χ4n) is 2.81. The molecule has 0 spiro atoms. The number of hydrogen-bond acceptors (Lipinski definition) is 6. The Kier molecular flexibility index (Phi) is 4.05. The van der Waals surface area contributed by atoms with Crippen molar-refractivity contribution in [3.8, 4) is 0 Å². The largest absolute Gasteiger partial charge is 0.361 e. The standard InChI is InChI=1S/C15H22N4O2/c1-10(2)15-16-14(18-21-15)9-19-7-5-4-6-13(19)12-8-11(3)20-17-12/h8,10,13H,4-7,9H2,1-3H3/t13-/m0/s1. The molecule has 3 heterocycles. The molecule has 1 aliphatic rings. The summed E-state index contributed by atoms with van der Waals surface area (Å²) in [5.41, 5.74) is 1.01. The van der Waals surface area contributed by atoms with Gasteiger partial charge in [-0.1, -0.05) is 30.6 Å². The van der Waals surface area contributed by atoms with Crippen LogP contribution in [0.3, 0.4) is 0 Å². The van der Waals surface area contributed by atoms with Gasteiger partial charge in [-0.3, -0.25) is 4.90 Å². The quantitative estimate of drug-likeness (QED) is 0.861. The van der Waals surface area contributed by atoms with E-state index in [2.05, 4.69) is 34.0 Å². The monoisotopic (exact) mass is 290 g/mol. The van der Waals surface area contributed by atoms with Crippen molar-refractivity contribution in [1.29, 1.82) is 0 Å². The summed E-state index contributed by atoms with van der Waals surface area (Å²) >= 11 is 0. The highest BCUT2D eigenvalue weighted by molar-refractivity contribution is 5.10. The van der Waals surface area contributed by atoms with Gasteiger partial charge in [0.15, 0.2) is 5.82 Å². The SMILES string of the molecule is Cc1cc([C@@H]2CCCCN2Cc2noc(C(C)C)n2)no1. The zero-order chi connectivity index (χ0) is 14.8. The molecule has 0 saturated carbocycles. The van der Waals surface area contributed by atoms with Crippen molar-refractivity contribution in [3.63, 3.8) is 0 Å². The first kappa shape index (κ1) is 14.3. The van der Waals surface area contributed by atoms with E-state index in [-0.39, 0.29) is 12.0 Å². The summed E-state index contributed by atoms with van der Waals surface area (Å²) in [5, 5.41) is 8.28. The number of piperidine rings is 1. The van der Waals surface area contributed by atoms with Crippen LogP contribution in [0.15, 0.2) is 15.1 Å². The number of hydrogen-bond donors (Lipinski definition) is 0. The van der Waals surface area contributed by atoms with Crippen LogP contribution in [0.4, 0.5) is 0 Å². The van der Waals surface area contributed by atoms with E-state index < -0.39 is 0 Å². The van der Waals surface area contributed by atoms with Gasteiger partial charge in [-0.25, -0.2) is 0 Å². The number of rotatable bonds is 4. The van der Waals surface area contributed by atoms with E-state index in [9.17, 15) is 0 Å². The van der Waals surface area contributed by atoms with Crippen LogP contribution in [0.2, 0.25) is 0 Å². The van der Waals surface area contributed by atoms with Crippen molar-refractivity contribution in [3.05, 3.63) is 29.2 Å².